The van der Waals surface area contributed by atoms with Crippen LogP contribution in [0.2, 0.25) is 5.02 Å². The number of benzene rings is 2. The Kier molecular flexibility index (Phi) is 3.92. The van der Waals surface area contributed by atoms with E-state index < -0.39 is 0 Å². The van der Waals surface area contributed by atoms with Gasteiger partial charge in [-0.05, 0) is 41.3 Å². The van der Waals surface area contributed by atoms with Crippen molar-refractivity contribution >= 4 is 34.8 Å². The maximum Gasteiger partial charge on any atom is 0.227 e. The van der Waals surface area contributed by atoms with Crippen LogP contribution in [-0.2, 0) is 11.2 Å². The van der Waals surface area contributed by atoms with Crippen LogP contribution in [0.4, 0.5) is 5.69 Å². The summed E-state index contributed by atoms with van der Waals surface area (Å²) in [7, 11) is 1.81. The molecule has 1 aliphatic rings. The summed E-state index contributed by atoms with van der Waals surface area (Å²) in [4.78, 5) is 13.4. The molecule has 1 unspecified atom stereocenters. The number of hydrogen-bond donors (Lipinski definition) is 0. The molecular formula is C17H15Cl2NO. The Hall–Kier alpha value is -1.51. The van der Waals surface area contributed by atoms with Gasteiger partial charge in [-0.1, -0.05) is 35.9 Å². The smallest absolute Gasteiger partial charge is 0.227 e. The lowest BCUT2D eigenvalue weighted by atomic mass is 9.96. The number of aryl methyl sites for hydroxylation is 1. The highest BCUT2D eigenvalue weighted by atomic mass is 35.5. The number of alkyl halides is 1. The normalized spacial score (nSPS) is 15.8. The maximum absolute atomic E-state index is 11.7. The first-order valence-corrected chi connectivity index (χ1v) is 7.66. The molecule has 2 nitrogen and oxygen atoms in total. The van der Waals surface area contributed by atoms with Crippen molar-refractivity contribution in [2.45, 2.75) is 18.2 Å². The lowest BCUT2D eigenvalue weighted by molar-refractivity contribution is -0.118. The minimum Gasteiger partial charge on any atom is -0.315 e. The number of nitrogens with zero attached hydrogens (tertiary/aromatic N) is 1. The molecule has 1 aliphatic heterocycles. The Bertz CT molecular complexity index is 699. The molecule has 0 radical (unpaired) electrons. The summed E-state index contributed by atoms with van der Waals surface area (Å²) in [6.07, 6.45) is 1.32. The zero-order valence-electron chi connectivity index (χ0n) is 11.6. The van der Waals surface area contributed by atoms with E-state index in [1.807, 2.05) is 43.4 Å². The van der Waals surface area contributed by atoms with Crippen molar-refractivity contribution in [3.05, 3.63) is 64.2 Å². The van der Waals surface area contributed by atoms with E-state index in [9.17, 15) is 4.79 Å². The zero-order chi connectivity index (χ0) is 15.0. The highest BCUT2D eigenvalue weighted by Crippen LogP contribution is 2.34. The van der Waals surface area contributed by atoms with Gasteiger partial charge in [0.25, 0.3) is 0 Å². The minimum absolute atomic E-state index is 0.160. The third-order valence-corrected chi connectivity index (χ3v) is 4.62. The predicted molar refractivity (Wildman–Crippen MR) is 87.3 cm³/mol. The fourth-order valence-electron chi connectivity index (χ4n) is 2.69. The van der Waals surface area contributed by atoms with Gasteiger partial charge in [0.15, 0.2) is 0 Å². The summed E-state index contributed by atoms with van der Waals surface area (Å²) >= 11 is 12.6. The molecule has 0 aliphatic carbocycles. The van der Waals surface area contributed by atoms with Crippen LogP contribution in [0, 0.1) is 0 Å². The fraction of sp³-hybridized carbons (Fsp3) is 0.235. The number of rotatable bonds is 2. The summed E-state index contributed by atoms with van der Waals surface area (Å²) in [6.45, 7) is 0. The Morgan fingerprint density at radius 2 is 1.86 bits per heavy atom. The van der Waals surface area contributed by atoms with Crippen molar-refractivity contribution in [3.63, 3.8) is 0 Å². The van der Waals surface area contributed by atoms with Gasteiger partial charge < -0.3 is 4.90 Å². The maximum atomic E-state index is 11.7. The van der Waals surface area contributed by atoms with Crippen LogP contribution >= 0.6 is 23.2 Å². The van der Waals surface area contributed by atoms with E-state index in [-0.39, 0.29) is 11.3 Å². The van der Waals surface area contributed by atoms with Crippen LogP contribution in [-0.4, -0.2) is 13.0 Å². The van der Waals surface area contributed by atoms with Crippen LogP contribution < -0.4 is 4.90 Å². The van der Waals surface area contributed by atoms with E-state index in [0.29, 0.717) is 11.4 Å². The number of anilines is 1. The average molecular weight is 320 g/mol. The Morgan fingerprint density at radius 1 is 1.10 bits per heavy atom. The molecule has 0 aromatic heterocycles. The van der Waals surface area contributed by atoms with E-state index in [2.05, 4.69) is 6.07 Å². The first kappa shape index (κ1) is 14.4. The third kappa shape index (κ3) is 2.78. The van der Waals surface area contributed by atoms with Gasteiger partial charge in [0.2, 0.25) is 5.91 Å². The van der Waals surface area contributed by atoms with Crippen LogP contribution in [0.1, 0.15) is 28.5 Å². The molecular weight excluding hydrogens is 305 g/mol. The standard InChI is InChI=1S/C17H15Cl2NO/c1-20-15-7-5-13(9-11(15)6-8-16(20)21)17(19)12-3-2-4-14(18)10-12/h2-5,7,9-10,17H,6,8H2,1H3. The van der Waals surface area contributed by atoms with Crippen LogP contribution in [0.25, 0.3) is 0 Å². The minimum atomic E-state index is -0.239. The molecule has 4 heteroatoms. The monoisotopic (exact) mass is 319 g/mol. The van der Waals surface area contributed by atoms with E-state index in [1.54, 1.807) is 4.90 Å². The highest BCUT2D eigenvalue weighted by Gasteiger charge is 2.22. The molecule has 1 heterocycles. The van der Waals surface area contributed by atoms with Gasteiger partial charge in [-0.2, -0.15) is 0 Å². The molecule has 1 amide bonds. The first-order valence-electron chi connectivity index (χ1n) is 6.85. The Balaban J connectivity index is 1.95. The van der Waals surface area contributed by atoms with Gasteiger partial charge in [-0.25, -0.2) is 0 Å². The van der Waals surface area contributed by atoms with E-state index in [0.717, 1.165) is 23.2 Å². The molecule has 3 rings (SSSR count). The summed E-state index contributed by atoms with van der Waals surface area (Å²) in [5.74, 6) is 0.160. The van der Waals surface area contributed by atoms with E-state index in [1.165, 1.54) is 5.56 Å². The van der Waals surface area contributed by atoms with Crippen molar-refractivity contribution in [3.8, 4) is 0 Å². The van der Waals surface area contributed by atoms with Gasteiger partial charge in [-0.3, -0.25) is 4.79 Å². The summed E-state index contributed by atoms with van der Waals surface area (Å²) in [5, 5.41) is 0.443. The van der Waals surface area contributed by atoms with Crippen molar-refractivity contribution in [2.75, 3.05) is 11.9 Å². The number of amides is 1. The second-order valence-corrected chi connectivity index (χ2v) is 6.13. The second-order valence-electron chi connectivity index (χ2n) is 5.26. The fourth-order valence-corrected chi connectivity index (χ4v) is 3.16. The van der Waals surface area contributed by atoms with Gasteiger partial charge in [0, 0.05) is 24.2 Å². The van der Waals surface area contributed by atoms with E-state index >= 15 is 0 Å². The van der Waals surface area contributed by atoms with Crippen molar-refractivity contribution in [1.82, 2.24) is 0 Å². The van der Waals surface area contributed by atoms with Crippen molar-refractivity contribution < 1.29 is 4.79 Å². The summed E-state index contributed by atoms with van der Waals surface area (Å²) in [6, 6.07) is 13.6. The molecule has 0 spiro atoms. The van der Waals surface area contributed by atoms with Crippen molar-refractivity contribution in [1.29, 1.82) is 0 Å². The lowest BCUT2D eigenvalue weighted by Gasteiger charge is -2.26. The molecule has 0 bridgehead atoms. The highest BCUT2D eigenvalue weighted by molar-refractivity contribution is 6.30. The number of carbonyl (C=O) groups excluding carboxylic acids is 1. The lowest BCUT2D eigenvalue weighted by Crippen LogP contribution is -2.31. The van der Waals surface area contributed by atoms with Crippen LogP contribution in [0.15, 0.2) is 42.5 Å². The quantitative estimate of drug-likeness (QED) is 0.742. The van der Waals surface area contributed by atoms with Gasteiger partial charge in [0.05, 0.1) is 5.38 Å². The zero-order valence-corrected chi connectivity index (χ0v) is 13.2. The Labute approximate surface area is 134 Å². The molecule has 21 heavy (non-hydrogen) atoms. The molecule has 0 fully saturated rings. The summed E-state index contributed by atoms with van der Waals surface area (Å²) < 4.78 is 0. The van der Waals surface area contributed by atoms with E-state index in [4.69, 9.17) is 23.2 Å². The molecule has 2 aromatic carbocycles. The molecule has 1 atom stereocenters. The largest absolute Gasteiger partial charge is 0.315 e. The second kappa shape index (κ2) is 5.70. The third-order valence-electron chi connectivity index (χ3n) is 3.88. The van der Waals surface area contributed by atoms with Gasteiger partial charge >= 0.3 is 0 Å². The number of fused-ring (bicyclic) bond motifs is 1. The molecule has 0 saturated carbocycles. The molecule has 0 N–H and O–H groups in total. The summed E-state index contributed by atoms with van der Waals surface area (Å²) in [5.41, 5.74) is 4.15. The van der Waals surface area contributed by atoms with Gasteiger partial charge in [0.1, 0.15) is 0 Å². The number of halogens is 2. The molecule has 108 valence electrons. The van der Waals surface area contributed by atoms with Gasteiger partial charge in [-0.15, -0.1) is 11.6 Å². The molecule has 0 saturated heterocycles. The molecule has 2 aromatic rings. The SMILES string of the molecule is CN1C(=O)CCc2cc(C(Cl)c3cccc(Cl)c3)ccc21. The van der Waals surface area contributed by atoms with Crippen LogP contribution in [0.5, 0.6) is 0 Å². The topological polar surface area (TPSA) is 20.3 Å². The van der Waals surface area contributed by atoms with Crippen molar-refractivity contribution in [2.24, 2.45) is 0 Å². The Morgan fingerprint density at radius 3 is 2.62 bits per heavy atom. The average Bonchev–Trinajstić information content (AvgIpc) is 2.50. The van der Waals surface area contributed by atoms with Crippen LogP contribution in [0.3, 0.4) is 0 Å². The number of carbonyl (C=O) groups is 1. The first-order chi connectivity index (χ1) is 10.1. The predicted octanol–water partition coefficient (Wildman–Crippen LogP) is 4.58. The number of hydrogen-bond acceptors (Lipinski definition) is 1.